The molecule has 0 amide bonds. The third-order valence-electron chi connectivity index (χ3n) is 17.2. The molecule has 9 unspecified atom stereocenters. The quantitative estimate of drug-likeness (QED) is 0.264. The molecule has 0 spiro atoms. The van der Waals surface area contributed by atoms with Crippen LogP contribution in [0, 0.1) is 63.6 Å². The molecule has 1 aromatic heterocycles. The Morgan fingerprint density at radius 2 is 1.79 bits per heavy atom. The smallest absolute Gasteiger partial charge is 0.231 e. The molecule has 0 radical (unpaired) electrons. The molecule has 7 aliphatic carbocycles. The largest absolute Gasteiger partial charge is 0.476 e. The van der Waals surface area contributed by atoms with Gasteiger partial charge >= 0.3 is 0 Å². The Hall–Kier alpha value is -1.81. The first-order chi connectivity index (χ1) is 25.1. The SMILES string of the molecule is CS[C@H]1CC[C@@](O)(CCNC23CCC[C@@H]2C2CCC4C5(C)CC=C(C6=CCC(COc7ncccc7C#N)CC6)C(C)C5CCC4(C)C2CC3)CC1. The van der Waals surface area contributed by atoms with Crippen LogP contribution in [0.4, 0.5) is 0 Å². The molecular formula is C46H67N3O2S. The number of fused-ring (bicyclic) bond motifs is 7. The van der Waals surface area contributed by atoms with E-state index in [0.29, 0.717) is 46.3 Å². The molecular weight excluding hydrogens is 659 g/mol. The fourth-order valence-electron chi connectivity index (χ4n) is 14.4. The Labute approximate surface area is 319 Å². The minimum Gasteiger partial charge on any atom is -0.476 e. The van der Waals surface area contributed by atoms with Crippen LogP contribution in [0.5, 0.6) is 5.88 Å². The van der Waals surface area contributed by atoms with Crippen LogP contribution in [-0.4, -0.2) is 45.9 Å². The van der Waals surface area contributed by atoms with Crippen LogP contribution in [-0.2, 0) is 0 Å². The van der Waals surface area contributed by atoms with Gasteiger partial charge in [0.2, 0.25) is 5.88 Å². The molecule has 0 aromatic carbocycles. The maximum atomic E-state index is 11.4. The van der Waals surface area contributed by atoms with Gasteiger partial charge in [-0.2, -0.15) is 17.0 Å². The molecule has 5 fully saturated rings. The van der Waals surface area contributed by atoms with E-state index in [2.05, 4.69) is 55.5 Å². The normalized spacial score (nSPS) is 44.2. The van der Waals surface area contributed by atoms with E-state index < -0.39 is 5.60 Å². The summed E-state index contributed by atoms with van der Waals surface area (Å²) in [6.07, 6.45) is 31.7. The molecule has 1 heterocycles. The van der Waals surface area contributed by atoms with Crippen LogP contribution in [0.15, 0.2) is 41.6 Å². The van der Waals surface area contributed by atoms with Gasteiger partial charge in [-0.3, -0.25) is 0 Å². The molecule has 1 aromatic rings. The summed E-state index contributed by atoms with van der Waals surface area (Å²) in [5.41, 5.74) is 4.55. The van der Waals surface area contributed by atoms with Crippen molar-refractivity contribution in [1.82, 2.24) is 10.3 Å². The maximum absolute atomic E-state index is 11.4. The van der Waals surface area contributed by atoms with Crippen molar-refractivity contribution in [3.8, 4) is 11.9 Å². The lowest BCUT2D eigenvalue weighted by molar-refractivity contribution is -0.166. The maximum Gasteiger partial charge on any atom is 0.231 e. The van der Waals surface area contributed by atoms with Gasteiger partial charge in [0.1, 0.15) is 11.6 Å². The van der Waals surface area contributed by atoms with Crippen molar-refractivity contribution in [2.75, 3.05) is 19.4 Å². The van der Waals surface area contributed by atoms with Crippen LogP contribution >= 0.6 is 11.8 Å². The van der Waals surface area contributed by atoms with Gasteiger partial charge in [-0.1, -0.05) is 39.3 Å². The first-order valence-corrected chi connectivity index (χ1v) is 22.8. The van der Waals surface area contributed by atoms with Crippen LogP contribution in [0.2, 0.25) is 0 Å². The second-order valence-corrected chi connectivity index (χ2v) is 20.5. The van der Waals surface area contributed by atoms with Gasteiger partial charge in [0.15, 0.2) is 0 Å². The lowest BCUT2D eigenvalue weighted by Gasteiger charge is -2.67. The van der Waals surface area contributed by atoms with Crippen LogP contribution in [0.3, 0.4) is 0 Å². The van der Waals surface area contributed by atoms with Gasteiger partial charge in [0, 0.05) is 17.0 Å². The highest BCUT2D eigenvalue weighted by atomic mass is 32.2. The number of aliphatic hydroxyl groups is 1. The van der Waals surface area contributed by atoms with Gasteiger partial charge in [-0.05, 0) is 197 Å². The van der Waals surface area contributed by atoms with Gasteiger partial charge in [0.05, 0.1) is 12.2 Å². The van der Waals surface area contributed by atoms with Crippen molar-refractivity contribution in [2.45, 2.75) is 153 Å². The van der Waals surface area contributed by atoms with E-state index >= 15 is 0 Å². The van der Waals surface area contributed by atoms with Gasteiger partial charge in [0.25, 0.3) is 0 Å². The number of nitriles is 1. The van der Waals surface area contributed by atoms with Gasteiger partial charge in [-0.25, -0.2) is 4.98 Å². The van der Waals surface area contributed by atoms with Gasteiger partial charge in [-0.15, -0.1) is 0 Å². The van der Waals surface area contributed by atoms with E-state index in [1.807, 2.05) is 11.8 Å². The number of thioether (sulfide) groups is 1. The fourth-order valence-corrected chi connectivity index (χ4v) is 15.1. The second-order valence-electron chi connectivity index (χ2n) is 19.4. The summed E-state index contributed by atoms with van der Waals surface area (Å²) in [4.78, 5) is 4.30. The van der Waals surface area contributed by atoms with Crippen LogP contribution in [0.1, 0.15) is 142 Å². The van der Waals surface area contributed by atoms with E-state index in [4.69, 9.17) is 4.74 Å². The summed E-state index contributed by atoms with van der Waals surface area (Å²) < 4.78 is 6.04. The minimum atomic E-state index is -0.443. The molecule has 52 heavy (non-hydrogen) atoms. The average Bonchev–Trinajstić information content (AvgIpc) is 3.59. The molecule has 2 N–H and O–H groups in total. The Morgan fingerprint density at radius 3 is 2.56 bits per heavy atom. The molecule has 0 saturated heterocycles. The number of nitrogens with zero attached hydrogens (tertiary/aromatic N) is 2. The number of hydrogen-bond donors (Lipinski definition) is 2. The summed E-state index contributed by atoms with van der Waals surface area (Å²) in [7, 11) is 0. The monoisotopic (exact) mass is 725 g/mol. The summed E-state index contributed by atoms with van der Waals surface area (Å²) in [5, 5.41) is 25.8. The Bertz CT molecular complexity index is 1560. The minimum absolute atomic E-state index is 0.326. The van der Waals surface area contributed by atoms with Crippen LogP contribution in [0.25, 0.3) is 0 Å². The first-order valence-electron chi connectivity index (χ1n) is 21.5. The standard InChI is InChI=1S/C46H67N3O2S/c1-31-36(33-11-9-32(10-12-33)30-51-42-34(29-47)7-6-27-48-42)17-21-43(2)38(31)18-22-44(3)39-19-25-46(20-5-8-40(46)37(39)13-14-41(43)44)49-28-26-45(50)23-15-35(52-4)16-24-45/h6-7,11,17,27,31-32,35,37-41,49-50H,5,8-10,12-16,18-26,28,30H2,1-4H3/t31?,32?,35-,37?,38?,39?,40-,41?,43?,44?,45-,46?/m1/s1. The van der Waals surface area contributed by atoms with Crippen molar-refractivity contribution in [3.05, 3.63) is 47.2 Å². The van der Waals surface area contributed by atoms with E-state index in [0.717, 1.165) is 79.9 Å². The fraction of sp³-hybridized carbons (Fsp3) is 0.783. The molecule has 0 bridgehead atoms. The lowest BCUT2D eigenvalue weighted by atomic mass is 9.38. The predicted molar refractivity (Wildman–Crippen MR) is 213 cm³/mol. The highest BCUT2D eigenvalue weighted by Gasteiger charge is 2.64. The first kappa shape index (κ1) is 37.1. The summed E-state index contributed by atoms with van der Waals surface area (Å²) in [6.45, 7) is 9.70. The number of rotatable bonds is 9. The summed E-state index contributed by atoms with van der Waals surface area (Å²) in [6, 6.07) is 5.79. The van der Waals surface area contributed by atoms with E-state index in [-0.39, 0.29) is 0 Å². The highest BCUT2D eigenvalue weighted by molar-refractivity contribution is 7.99. The molecule has 6 heteroatoms. The predicted octanol–water partition coefficient (Wildman–Crippen LogP) is 10.4. The Morgan fingerprint density at radius 1 is 0.962 bits per heavy atom. The number of aromatic nitrogens is 1. The molecule has 284 valence electrons. The van der Waals surface area contributed by atoms with Crippen molar-refractivity contribution in [1.29, 1.82) is 5.26 Å². The molecule has 10 atom stereocenters. The molecule has 0 aliphatic heterocycles. The zero-order valence-electron chi connectivity index (χ0n) is 32.8. The Balaban J connectivity index is 0.907. The third-order valence-corrected chi connectivity index (χ3v) is 18.3. The number of pyridine rings is 1. The molecule has 7 aliphatic rings. The van der Waals surface area contributed by atoms with Gasteiger partial charge < -0.3 is 15.2 Å². The van der Waals surface area contributed by atoms with E-state index in [1.165, 1.54) is 77.0 Å². The highest BCUT2D eigenvalue weighted by Crippen LogP contribution is 2.70. The van der Waals surface area contributed by atoms with Crippen LogP contribution < -0.4 is 10.1 Å². The van der Waals surface area contributed by atoms with Crippen molar-refractivity contribution >= 4 is 11.8 Å². The number of ether oxygens (including phenoxy) is 1. The Kier molecular flexibility index (Phi) is 10.5. The van der Waals surface area contributed by atoms with E-state index in [1.54, 1.807) is 29.5 Å². The lowest BCUT2D eigenvalue weighted by Crippen LogP contribution is -2.63. The van der Waals surface area contributed by atoms with E-state index in [9.17, 15) is 10.4 Å². The number of hydrogen-bond acceptors (Lipinski definition) is 6. The second kappa shape index (κ2) is 14.7. The third kappa shape index (κ3) is 6.53. The van der Waals surface area contributed by atoms with Crippen molar-refractivity contribution in [2.24, 2.45) is 52.3 Å². The summed E-state index contributed by atoms with van der Waals surface area (Å²) >= 11 is 1.99. The zero-order valence-corrected chi connectivity index (χ0v) is 33.6. The van der Waals surface area contributed by atoms with Crippen molar-refractivity contribution < 1.29 is 9.84 Å². The summed E-state index contributed by atoms with van der Waals surface area (Å²) in [5.74, 6) is 5.80. The van der Waals surface area contributed by atoms with Crippen molar-refractivity contribution in [3.63, 3.8) is 0 Å². The number of nitrogens with one attached hydrogen (secondary N) is 1. The molecule has 5 nitrogen and oxygen atoms in total. The zero-order chi connectivity index (χ0) is 36.1. The molecule has 5 saturated carbocycles. The number of allylic oxidation sites excluding steroid dienone is 4. The topological polar surface area (TPSA) is 78.2 Å². The molecule has 8 rings (SSSR count). The average molecular weight is 726 g/mol.